The van der Waals surface area contributed by atoms with Gasteiger partial charge in [-0.15, -0.1) is 0 Å². The fraction of sp³-hybridized carbons (Fsp3) is 0.286. The van der Waals surface area contributed by atoms with Gasteiger partial charge in [0.05, 0.1) is 13.4 Å². The summed E-state index contributed by atoms with van der Waals surface area (Å²) in [4.78, 5) is 14.6. The quantitative estimate of drug-likeness (QED) is 0.690. The van der Waals surface area contributed by atoms with Crippen LogP contribution < -0.4 is 9.46 Å². The van der Waals surface area contributed by atoms with Crippen molar-refractivity contribution in [3.8, 4) is 5.75 Å². The lowest BCUT2D eigenvalue weighted by Crippen LogP contribution is -2.31. The number of hydrogen-bond acceptors (Lipinski definition) is 4. The lowest BCUT2D eigenvalue weighted by molar-refractivity contribution is -0.127. The van der Waals surface area contributed by atoms with Crippen molar-refractivity contribution in [3.63, 3.8) is 0 Å². The van der Waals surface area contributed by atoms with Gasteiger partial charge in [-0.2, -0.15) is 0 Å². The number of hydrogen-bond donors (Lipinski definition) is 1. The Hall–Kier alpha value is -2.80. The molecule has 0 aromatic heterocycles. The molecule has 1 aliphatic rings. The highest BCUT2D eigenvalue weighted by molar-refractivity contribution is 7.92. The second-order valence-corrected chi connectivity index (χ2v) is 8.62. The van der Waals surface area contributed by atoms with Crippen LogP contribution in [0.3, 0.4) is 0 Å². The van der Waals surface area contributed by atoms with Gasteiger partial charge in [0.15, 0.2) is 0 Å². The molecule has 0 heterocycles. The highest BCUT2D eigenvalue weighted by Gasteiger charge is 2.31. The summed E-state index contributed by atoms with van der Waals surface area (Å²) < 4.78 is 30.1. The average Bonchev–Trinajstić information content (AvgIpc) is 3.49. The first-order valence-corrected chi connectivity index (χ1v) is 10.9. The van der Waals surface area contributed by atoms with Crippen molar-refractivity contribution in [1.82, 2.24) is 4.90 Å². The predicted octanol–water partition coefficient (Wildman–Crippen LogP) is 3.27. The van der Waals surface area contributed by atoms with Gasteiger partial charge in [-0.25, -0.2) is 8.42 Å². The van der Waals surface area contributed by atoms with Gasteiger partial charge in [0, 0.05) is 24.4 Å². The van der Waals surface area contributed by atoms with Crippen LogP contribution in [0.1, 0.15) is 24.0 Å². The summed E-state index contributed by atoms with van der Waals surface area (Å²) >= 11 is 0. The van der Waals surface area contributed by atoms with Gasteiger partial charge in [0.25, 0.3) is 0 Å². The first-order chi connectivity index (χ1) is 13.3. The third kappa shape index (κ3) is 5.85. The average molecular weight is 401 g/mol. The molecule has 0 bridgehead atoms. The fourth-order valence-corrected chi connectivity index (χ4v) is 3.40. The van der Waals surface area contributed by atoms with Crippen molar-refractivity contribution >= 4 is 27.7 Å². The summed E-state index contributed by atoms with van der Waals surface area (Å²) in [7, 11) is -1.67. The zero-order chi connectivity index (χ0) is 20.1. The van der Waals surface area contributed by atoms with E-state index >= 15 is 0 Å². The van der Waals surface area contributed by atoms with Gasteiger partial charge >= 0.3 is 0 Å². The molecule has 0 aliphatic heterocycles. The lowest BCUT2D eigenvalue weighted by atomic mass is 10.1. The van der Waals surface area contributed by atoms with Crippen LogP contribution in [0.15, 0.2) is 54.6 Å². The van der Waals surface area contributed by atoms with E-state index in [-0.39, 0.29) is 5.91 Å². The number of sulfonamides is 1. The van der Waals surface area contributed by atoms with E-state index < -0.39 is 10.0 Å². The molecular formula is C21H24N2O4S. The van der Waals surface area contributed by atoms with Crippen LogP contribution in [0.2, 0.25) is 0 Å². The molecule has 1 N–H and O–H groups in total. The summed E-state index contributed by atoms with van der Waals surface area (Å²) in [6.07, 6.45) is 6.48. The van der Waals surface area contributed by atoms with Crippen molar-refractivity contribution in [3.05, 3.63) is 65.7 Å². The number of nitrogens with zero attached hydrogens (tertiary/aromatic N) is 1. The first-order valence-electron chi connectivity index (χ1n) is 9.03. The third-order valence-corrected chi connectivity index (χ3v) is 5.02. The molecule has 0 radical (unpaired) electrons. The molecule has 0 unspecified atom stereocenters. The van der Waals surface area contributed by atoms with Gasteiger partial charge in [0.2, 0.25) is 15.9 Å². The van der Waals surface area contributed by atoms with Crippen LogP contribution in [0.4, 0.5) is 5.69 Å². The highest BCUT2D eigenvalue weighted by atomic mass is 32.2. The standard InChI is InChI=1S/C21H24N2O4S/c1-27-20-12-5-17(6-13-20)15-23(19-10-11-19)21(24)14-7-16-3-8-18(9-4-16)22-28(2,25)26/h3-9,12-14,19,22H,10-11,15H2,1-2H3. The SMILES string of the molecule is COc1ccc(CN(C(=O)C=Cc2ccc(NS(C)(=O)=O)cc2)C2CC2)cc1. The van der Waals surface area contributed by atoms with Crippen LogP contribution >= 0.6 is 0 Å². The van der Waals surface area contributed by atoms with Crippen molar-refractivity contribution in [2.45, 2.75) is 25.4 Å². The predicted molar refractivity (Wildman–Crippen MR) is 111 cm³/mol. The zero-order valence-electron chi connectivity index (χ0n) is 16.0. The molecule has 0 atom stereocenters. The van der Waals surface area contributed by atoms with E-state index in [4.69, 9.17) is 4.74 Å². The molecule has 1 saturated carbocycles. The van der Waals surface area contributed by atoms with Crippen molar-refractivity contribution in [1.29, 1.82) is 0 Å². The molecule has 7 heteroatoms. The van der Waals surface area contributed by atoms with E-state index in [0.29, 0.717) is 18.3 Å². The minimum absolute atomic E-state index is 0.0309. The maximum Gasteiger partial charge on any atom is 0.247 e. The van der Waals surface area contributed by atoms with Gasteiger partial charge in [0.1, 0.15) is 5.75 Å². The number of benzene rings is 2. The summed E-state index contributed by atoms with van der Waals surface area (Å²) in [6.45, 7) is 0.565. The van der Waals surface area contributed by atoms with E-state index in [0.717, 1.165) is 36.0 Å². The number of methoxy groups -OCH3 is 1. The molecule has 2 aromatic carbocycles. The number of amides is 1. The Morgan fingerprint density at radius 1 is 1.14 bits per heavy atom. The number of ether oxygens (including phenoxy) is 1. The van der Waals surface area contributed by atoms with Crippen molar-refractivity contribution in [2.24, 2.45) is 0 Å². The lowest BCUT2D eigenvalue weighted by Gasteiger charge is -2.21. The molecule has 148 valence electrons. The Labute approximate surface area is 165 Å². The van der Waals surface area contributed by atoms with Crippen molar-refractivity contribution < 1.29 is 17.9 Å². The number of carbonyl (C=O) groups is 1. The maximum atomic E-state index is 12.7. The van der Waals surface area contributed by atoms with E-state index in [2.05, 4.69) is 4.72 Å². The zero-order valence-corrected chi connectivity index (χ0v) is 16.8. The summed E-state index contributed by atoms with van der Waals surface area (Å²) in [5.41, 5.74) is 2.38. The Balaban J connectivity index is 1.65. The Morgan fingerprint density at radius 3 is 2.32 bits per heavy atom. The third-order valence-electron chi connectivity index (χ3n) is 4.41. The van der Waals surface area contributed by atoms with E-state index in [1.807, 2.05) is 29.2 Å². The van der Waals surface area contributed by atoms with Gasteiger partial charge in [-0.1, -0.05) is 24.3 Å². The summed E-state index contributed by atoms with van der Waals surface area (Å²) in [6, 6.07) is 14.9. The molecule has 1 fully saturated rings. The second-order valence-electron chi connectivity index (χ2n) is 6.87. The Bertz CT molecular complexity index is 947. The van der Waals surface area contributed by atoms with Crippen LogP contribution in [-0.4, -0.2) is 38.6 Å². The van der Waals surface area contributed by atoms with Crippen molar-refractivity contribution in [2.75, 3.05) is 18.1 Å². The molecule has 6 nitrogen and oxygen atoms in total. The molecule has 3 rings (SSSR count). The number of carbonyl (C=O) groups excluding carboxylic acids is 1. The topological polar surface area (TPSA) is 75.7 Å². The highest BCUT2D eigenvalue weighted by Crippen LogP contribution is 2.29. The first kappa shape index (κ1) is 19.9. The monoisotopic (exact) mass is 400 g/mol. The van der Waals surface area contributed by atoms with Gasteiger partial charge < -0.3 is 9.64 Å². The number of anilines is 1. The normalized spacial score (nSPS) is 14.1. The Morgan fingerprint density at radius 2 is 1.79 bits per heavy atom. The Kier molecular flexibility index (Phi) is 6.04. The van der Waals surface area contributed by atoms with Crippen LogP contribution in [0.5, 0.6) is 5.75 Å². The minimum Gasteiger partial charge on any atom is -0.497 e. The smallest absolute Gasteiger partial charge is 0.247 e. The molecule has 0 spiro atoms. The molecule has 28 heavy (non-hydrogen) atoms. The number of rotatable bonds is 8. The van der Waals surface area contributed by atoms with Crippen LogP contribution in [-0.2, 0) is 21.4 Å². The fourth-order valence-electron chi connectivity index (χ4n) is 2.84. The largest absolute Gasteiger partial charge is 0.497 e. The number of nitrogens with one attached hydrogen (secondary N) is 1. The summed E-state index contributed by atoms with van der Waals surface area (Å²) in [5.74, 6) is 0.762. The van der Waals surface area contributed by atoms with E-state index in [1.54, 1.807) is 43.5 Å². The molecule has 0 saturated heterocycles. The van der Waals surface area contributed by atoms with Gasteiger partial charge in [-0.05, 0) is 54.3 Å². The van der Waals surface area contributed by atoms with Gasteiger partial charge in [-0.3, -0.25) is 9.52 Å². The summed E-state index contributed by atoms with van der Waals surface area (Å²) in [5, 5.41) is 0. The van der Waals surface area contributed by atoms with Crippen LogP contribution in [0, 0.1) is 0 Å². The second kappa shape index (κ2) is 8.48. The van der Waals surface area contributed by atoms with Crippen LogP contribution in [0.25, 0.3) is 6.08 Å². The van der Waals surface area contributed by atoms with E-state index in [1.165, 1.54) is 0 Å². The maximum absolute atomic E-state index is 12.7. The minimum atomic E-state index is -3.30. The molecule has 1 amide bonds. The molecular weight excluding hydrogens is 376 g/mol. The van der Waals surface area contributed by atoms with E-state index in [9.17, 15) is 13.2 Å². The molecule has 1 aliphatic carbocycles. The molecule has 2 aromatic rings.